The maximum atomic E-state index is 6.05. The first kappa shape index (κ1) is 13.2. The Bertz CT molecular complexity index is 471. The lowest BCUT2D eigenvalue weighted by atomic mass is 9.94. The van der Waals surface area contributed by atoms with Crippen LogP contribution in [-0.4, -0.2) is 5.38 Å². The van der Waals surface area contributed by atoms with E-state index in [1.54, 1.807) is 0 Å². The van der Waals surface area contributed by atoms with Gasteiger partial charge in [-0.05, 0) is 36.0 Å². The van der Waals surface area contributed by atoms with Gasteiger partial charge in [0.1, 0.15) is 0 Å². The Morgan fingerprint density at radius 2 is 1.39 bits per heavy atom. The average molecular weight is 259 g/mol. The number of hydrogen-bond donors (Lipinski definition) is 0. The second-order valence-corrected chi connectivity index (χ2v) is 5.65. The van der Waals surface area contributed by atoms with Gasteiger partial charge in [0.2, 0.25) is 0 Å². The molecule has 0 N–H and O–H groups in total. The van der Waals surface area contributed by atoms with E-state index < -0.39 is 0 Å². The van der Waals surface area contributed by atoms with Crippen molar-refractivity contribution in [2.45, 2.75) is 31.6 Å². The number of halogens is 1. The summed E-state index contributed by atoms with van der Waals surface area (Å²) < 4.78 is 0. The summed E-state index contributed by atoms with van der Waals surface area (Å²) in [6, 6.07) is 19.3. The van der Waals surface area contributed by atoms with Crippen LogP contribution in [-0.2, 0) is 0 Å². The summed E-state index contributed by atoms with van der Waals surface area (Å²) in [6.07, 6.45) is 1.02. The molecule has 2 aromatic rings. The summed E-state index contributed by atoms with van der Waals surface area (Å²) >= 11 is 6.05. The van der Waals surface area contributed by atoms with E-state index in [0.29, 0.717) is 5.92 Å². The van der Waals surface area contributed by atoms with Crippen LogP contribution in [0.25, 0.3) is 11.1 Å². The number of alkyl halides is 1. The van der Waals surface area contributed by atoms with Crippen molar-refractivity contribution in [2.24, 2.45) is 0 Å². The molecule has 2 rings (SSSR count). The molecule has 0 aromatic heterocycles. The quantitative estimate of drug-likeness (QED) is 0.638. The van der Waals surface area contributed by atoms with E-state index in [4.69, 9.17) is 11.6 Å². The van der Waals surface area contributed by atoms with Gasteiger partial charge in [-0.15, -0.1) is 11.6 Å². The molecule has 0 saturated carbocycles. The molecule has 0 radical (unpaired) electrons. The molecule has 0 saturated heterocycles. The Labute approximate surface area is 115 Å². The highest BCUT2D eigenvalue weighted by Gasteiger charge is 2.08. The first-order chi connectivity index (χ1) is 8.66. The van der Waals surface area contributed by atoms with Crippen LogP contribution in [0.1, 0.15) is 31.7 Å². The second kappa shape index (κ2) is 6.06. The average Bonchev–Trinajstić information content (AvgIpc) is 2.39. The van der Waals surface area contributed by atoms with Crippen LogP contribution in [0.4, 0.5) is 0 Å². The topological polar surface area (TPSA) is 0 Å². The van der Waals surface area contributed by atoms with E-state index in [-0.39, 0.29) is 5.38 Å². The standard InChI is InChI=1S/C17H19Cl/c1-13(12-14(2)18)15-8-10-17(11-9-15)16-6-4-3-5-7-16/h3-11,13-14H,12H2,1-2H3. The molecule has 1 heteroatoms. The van der Waals surface area contributed by atoms with Gasteiger partial charge in [0, 0.05) is 5.38 Å². The summed E-state index contributed by atoms with van der Waals surface area (Å²) in [4.78, 5) is 0. The molecule has 2 atom stereocenters. The summed E-state index contributed by atoms with van der Waals surface area (Å²) in [5.41, 5.74) is 3.90. The fourth-order valence-electron chi connectivity index (χ4n) is 2.26. The maximum Gasteiger partial charge on any atom is 0.0313 e. The van der Waals surface area contributed by atoms with Crippen LogP contribution in [0, 0.1) is 0 Å². The second-order valence-electron chi connectivity index (χ2n) is 4.91. The highest BCUT2D eigenvalue weighted by Crippen LogP contribution is 2.26. The molecule has 2 unspecified atom stereocenters. The molecule has 2 aromatic carbocycles. The van der Waals surface area contributed by atoms with Gasteiger partial charge >= 0.3 is 0 Å². The molecular formula is C17H19Cl. The van der Waals surface area contributed by atoms with Gasteiger partial charge in [0.15, 0.2) is 0 Å². The molecule has 0 bridgehead atoms. The summed E-state index contributed by atoms with van der Waals surface area (Å²) in [5.74, 6) is 0.516. The first-order valence-corrected chi connectivity index (χ1v) is 6.90. The number of rotatable bonds is 4. The minimum Gasteiger partial charge on any atom is -0.123 e. The Hall–Kier alpha value is -1.27. The van der Waals surface area contributed by atoms with Crippen LogP contribution < -0.4 is 0 Å². The number of benzene rings is 2. The fourth-order valence-corrected chi connectivity index (χ4v) is 2.53. The molecule has 0 nitrogen and oxygen atoms in total. The van der Waals surface area contributed by atoms with E-state index in [1.165, 1.54) is 16.7 Å². The number of hydrogen-bond acceptors (Lipinski definition) is 0. The zero-order chi connectivity index (χ0) is 13.0. The molecule has 18 heavy (non-hydrogen) atoms. The smallest absolute Gasteiger partial charge is 0.0313 e. The van der Waals surface area contributed by atoms with Crippen molar-refractivity contribution in [3.05, 3.63) is 60.2 Å². The molecule has 94 valence electrons. The van der Waals surface area contributed by atoms with Crippen molar-refractivity contribution in [1.82, 2.24) is 0 Å². The Morgan fingerprint density at radius 1 is 0.833 bits per heavy atom. The third-order valence-electron chi connectivity index (χ3n) is 3.27. The fraction of sp³-hybridized carbons (Fsp3) is 0.294. The largest absolute Gasteiger partial charge is 0.123 e. The minimum absolute atomic E-state index is 0.230. The van der Waals surface area contributed by atoms with Gasteiger partial charge in [-0.25, -0.2) is 0 Å². The van der Waals surface area contributed by atoms with Crippen LogP contribution in [0.3, 0.4) is 0 Å². The van der Waals surface area contributed by atoms with E-state index in [1.807, 2.05) is 6.07 Å². The van der Waals surface area contributed by atoms with Gasteiger partial charge in [0.05, 0.1) is 0 Å². The molecule has 0 heterocycles. The maximum absolute atomic E-state index is 6.05. The van der Waals surface area contributed by atoms with Crippen LogP contribution >= 0.6 is 11.6 Å². The monoisotopic (exact) mass is 258 g/mol. The molecule has 0 fully saturated rings. The third kappa shape index (κ3) is 3.36. The lowest BCUT2D eigenvalue weighted by Gasteiger charge is -2.13. The first-order valence-electron chi connectivity index (χ1n) is 6.46. The summed E-state index contributed by atoms with van der Waals surface area (Å²) in [6.45, 7) is 4.28. The molecule has 0 aliphatic heterocycles. The minimum atomic E-state index is 0.230. The molecule has 0 aliphatic carbocycles. The predicted molar refractivity (Wildman–Crippen MR) is 80.2 cm³/mol. The van der Waals surface area contributed by atoms with Crippen molar-refractivity contribution in [2.75, 3.05) is 0 Å². The van der Waals surface area contributed by atoms with Crippen molar-refractivity contribution < 1.29 is 0 Å². The van der Waals surface area contributed by atoms with E-state index in [9.17, 15) is 0 Å². The lowest BCUT2D eigenvalue weighted by molar-refractivity contribution is 0.671. The van der Waals surface area contributed by atoms with Crippen molar-refractivity contribution >= 4 is 11.6 Å². The van der Waals surface area contributed by atoms with Crippen molar-refractivity contribution in [3.63, 3.8) is 0 Å². The molecule has 0 aliphatic rings. The molecular weight excluding hydrogens is 240 g/mol. The van der Waals surface area contributed by atoms with Gasteiger partial charge in [-0.1, -0.05) is 61.5 Å². The normalized spacial score (nSPS) is 14.2. The van der Waals surface area contributed by atoms with Crippen LogP contribution in [0.5, 0.6) is 0 Å². The van der Waals surface area contributed by atoms with Gasteiger partial charge in [-0.2, -0.15) is 0 Å². The molecule has 0 spiro atoms. The van der Waals surface area contributed by atoms with Gasteiger partial charge in [-0.3, -0.25) is 0 Å². The highest BCUT2D eigenvalue weighted by atomic mass is 35.5. The van der Waals surface area contributed by atoms with Gasteiger partial charge < -0.3 is 0 Å². The highest BCUT2D eigenvalue weighted by molar-refractivity contribution is 6.20. The van der Waals surface area contributed by atoms with E-state index in [0.717, 1.165) is 6.42 Å². The van der Waals surface area contributed by atoms with Gasteiger partial charge in [0.25, 0.3) is 0 Å². The summed E-state index contributed by atoms with van der Waals surface area (Å²) in [7, 11) is 0. The zero-order valence-electron chi connectivity index (χ0n) is 10.9. The van der Waals surface area contributed by atoms with Crippen molar-refractivity contribution in [1.29, 1.82) is 0 Å². The predicted octanol–water partition coefficient (Wildman–Crippen LogP) is 5.47. The Balaban J connectivity index is 2.15. The summed E-state index contributed by atoms with van der Waals surface area (Å²) in [5, 5.41) is 0.230. The SMILES string of the molecule is CC(Cl)CC(C)c1ccc(-c2ccccc2)cc1. The Kier molecular flexibility index (Phi) is 4.43. The van der Waals surface area contributed by atoms with Crippen LogP contribution in [0.15, 0.2) is 54.6 Å². The van der Waals surface area contributed by atoms with E-state index in [2.05, 4.69) is 62.4 Å². The van der Waals surface area contributed by atoms with Crippen LogP contribution in [0.2, 0.25) is 0 Å². The zero-order valence-corrected chi connectivity index (χ0v) is 11.7. The van der Waals surface area contributed by atoms with E-state index >= 15 is 0 Å². The Morgan fingerprint density at radius 3 is 1.94 bits per heavy atom. The van der Waals surface area contributed by atoms with Crippen molar-refractivity contribution in [3.8, 4) is 11.1 Å². The third-order valence-corrected chi connectivity index (χ3v) is 3.44. The molecule has 0 amide bonds. The lowest BCUT2D eigenvalue weighted by Crippen LogP contribution is -2.00.